The maximum atomic E-state index is 11.0. The molecule has 0 saturated carbocycles. The van der Waals surface area contributed by atoms with Crippen molar-refractivity contribution in [2.24, 2.45) is 0 Å². The number of halogens is 1. The first-order chi connectivity index (χ1) is 7.87. The van der Waals surface area contributed by atoms with Crippen LogP contribution in [0.25, 0.3) is 6.08 Å². The Morgan fingerprint density at radius 2 is 1.88 bits per heavy atom. The standard InChI is InChI=1S/C11H13BrO4S/c1-15-10-7-8(4-5-17(3,13)14)6-9(12)11(10)16-2/h4-7H,1-3H3. The summed E-state index contributed by atoms with van der Waals surface area (Å²) in [5.41, 5.74) is 0.708. The second-order valence-electron chi connectivity index (χ2n) is 3.37. The molecule has 0 radical (unpaired) electrons. The first-order valence-corrected chi connectivity index (χ1v) is 7.42. The van der Waals surface area contributed by atoms with Crippen molar-refractivity contribution in [3.63, 3.8) is 0 Å². The second kappa shape index (κ2) is 5.55. The van der Waals surface area contributed by atoms with Gasteiger partial charge in [-0.3, -0.25) is 0 Å². The van der Waals surface area contributed by atoms with E-state index in [1.165, 1.54) is 20.3 Å². The third-order valence-electron chi connectivity index (χ3n) is 1.96. The highest BCUT2D eigenvalue weighted by Crippen LogP contribution is 2.36. The fourth-order valence-electron chi connectivity index (χ4n) is 1.24. The lowest BCUT2D eigenvalue weighted by Gasteiger charge is -2.10. The lowest BCUT2D eigenvalue weighted by molar-refractivity contribution is 0.353. The summed E-state index contributed by atoms with van der Waals surface area (Å²) in [5.74, 6) is 1.11. The molecule has 0 spiro atoms. The Labute approximate surface area is 109 Å². The van der Waals surface area contributed by atoms with E-state index in [4.69, 9.17) is 9.47 Å². The van der Waals surface area contributed by atoms with Crippen LogP contribution in [0, 0.1) is 0 Å². The van der Waals surface area contributed by atoms with Crippen molar-refractivity contribution in [3.8, 4) is 11.5 Å². The van der Waals surface area contributed by atoms with Gasteiger partial charge >= 0.3 is 0 Å². The smallest absolute Gasteiger partial charge is 0.174 e. The number of sulfone groups is 1. The number of hydrogen-bond acceptors (Lipinski definition) is 4. The van der Waals surface area contributed by atoms with Gasteiger partial charge in [0.05, 0.1) is 18.7 Å². The highest BCUT2D eigenvalue weighted by Gasteiger charge is 2.09. The molecule has 0 aliphatic heterocycles. The van der Waals surface area contributed by atoms with Crippen LogP contribution in [-0.4, -0.2) is 28.9 Å². The Morgan fingerprint density at radius 1 is 1.24 bits per heavy atom. The highest BCUT2D eigenvalue weighted by atomic mass is 79.9. The minimum absolute atomic E-state index is 0.537. The zero-order valence-corrected chi connectivity index (χ0v) is 12.1. The Balaban J connectivity index is 3.21. The number of methoxy groups -OCH3 is 2. The van der Waals surface area contributed by atoms with Gasteiger partial charge in [0.1, 0.15) is 0 Å². The van der Waals surface area contributed by atoms with Crippen LogP contribution < -0.4 is 9.47 Å². The average Bonchev–Trinajstić information content (AvgIpc) is 2.24. The first-order valence-electron chi connectivity index (χ1n) is 4.67. The van der Waals surface area contributed by atoms with Crippen molar-refractivity contribution in [2.75, 3.05) is 20.5 Å². The molecular formula is C11H13BrO4S. The third kappa shape index (κ3) is 4.05. The van der Waals surface area contributed by atoms with E-state index in [0.717, 1.165) is 11.7 Å². The van der Waals surface area contributed by atoms with E-state index < -0.39 is 9.84 Å². The lowest BCUT2D eigenvalue weighted by atomic mass is 10.2. The molecule has 0 amide bonds. The molecule has 4 nitrogen and oxygen atoms in total. The quantitative estimate of drug-likeness (QED) is 0.855. The zero-order valence-electron chi connectivity index (χ0n) is 9.73. The topological polar surface area (TPSA) is 52.6 Å². The monoisotopic (exact) mass is 320 g/mol. The molecule has 0 aliphatic carbocycles. The maximum absolute atomic E-state index is 11.0. The van der Waals surface area contributed by atoms with Gasteiger partial charge in [0.25, 0.3) is 0 Å². The molecule has 17 heavy (non-hydrogen) atoms. The van der Waals surface area contributed by atoms with Crippen molar-refractivity contribution >= 4 is 31.8 Å². The van der Waals surface area contributed by atoms with Crippen LogP contribution in [0.15, 0.2) is 22.0 Å². The second-order valence-corrected chi connectivity index (χ2v) is 6.16. The van der Waals surface area contributed by atoms with Crippen molar-refractivity contribution < 1.29 is 17.9 Å². The lowest BCUT2D eigenvalue weighted by Crippen LogP contribution is -1.93. The van der Waals surface area contributed by atoms with Crippen LogP contribution in [0.5, 0.6) is 11.5 Å². The van der Waals surface area contributed by atoms with Gasteiger partial charge in [0.15, 0.2) is 21.3 Å². The van der Waals surface area contributed by atoms with E-state index >= 15 is 0 Å². The predicted octanol–water partition coefficient (Wildman–Crippen LogP) is 2.48. The molecule has 1 rings (SSSR count). The van der Waals surface area contributed by atoms with Gasteiger partial charge in [0, 0.05) is 11.7 Å². The molecule has 6 heteroatoms. The van der Waals surface area contributed by atoms with Gasteiger partial charge in [-0.25, -0.2) is 8.42 Å². The summed E-state index contributed by atoms with van der Waals surface area (Å²) >= 11 is 3.33. The van der Waals surface area contributed by atoms with E-state index in [1.807, 2.05) is 0 Å². The molecule has 0 heterocycles. The maximum Gasteiger partial charge on any atom is 0.174 e. The van der Waals surface area contributed by atoms with Crippen molar-refractivity contribution in [1.82, 2.24) is 0 Å². The number of hydrogen-bond donors (Lipinski definition) is 0. The first kappa shape index (κ1) is 14.1. The minimum atomic E-state index is -3.14. The molecular weight excluding hydrogens is 308 g/mol. The summed E-state index contributed by atoms with van der Waals surface area (Å²) in [6.45, 7) is 0. The van der Waals surface area contributed by atoms with Crippen LogP contribution in [0.4, 0.5) is 0 Å². The van der Waals surface area contributed by atoms with Crippen LogP contribution in [0.2, 0.25) is 0 Å². The van der Waals surface area contributed by atoms with E-state index in [0.29, 0.717) is 21.5 Å². The molecule has 0 saturated heterocycles. The molecule has 0 fully saturated rings. The van der Waals surface area contributed by atoms with Gasteiger partial charge in [-0.2, -0.15) is 0 Å². The molecule has 0 unspecified atom stereocenters. The third-order valence-corrected chi connectivity index (χ3v) is 3.18. The summed E-state index contributed by atoms with van der Waals surface area (Å²) < 4.78 is 33.0. The van der Waals surface area contributed by atoms with Gasteiger partial charge < -0.3 is 9.47 Å². The van der Waals surface area contributed by atoms with E-state index in [9.17, 15) is 8.42 Å². The number of rotatable bonds is 4. The summed E-state index contributed by atoms with van der Waals surface area (Å²) in [6, 6.07) is 3.45. The normalized spacial score (nSPS) is 11.8. The Hall–Kier alpha value is -1.01. The molecule has 0 atom stereocenters. The largest absolute Gasteiger partial charge is 0.493 e. The Kier molecular flexibility index (Phi) is 4.59. The van der Waals surface area contributed by atoms with E-state index in [-0.39, 0.29) is 0 Å². The SMILES string of the molecule is COc1cc(C=CS(C)(=O)=O)cc(Br)c1OC. The van der Waals surface area contributed by atoms with Crippen LogP contribution in [0.1, 0.15) is 5.56 Å². The molecule has 0 aromatic heterocycles. The minimum Gasteiger partial charge on any atom is -0.493 e. The van der Waals surface area contributed by atoms with E-state index in [2.05, 4.69) is 15.9 Å². The van der Waals surface area contributed by atoms with Gasteiger partial charge in [-0.1, -0.05) is 0 Å². The molecule has 0 aliphatic rings. The van der Waals surface area contributed by atoms with Crippen LogP contribution in [0.3, 0.4) is 0 Å². The fraction of sp³-hybridized carbons (Fsp3) is 0.273. The summed E-state index contributed by atoms with van der Waals surface area (Å²) in [5, 5.41) is 1.14. The molecule has 1 aromatic rings. The zero-order chi connectivity index (χ0) is 13.1. The molecule has 0 bridgehead atoms. The molecule has 94 valence electrons. The van der Waals surface area contributed by atoms with Crippen LogP contribution in [-0.2, 0) is 9.84 Å². The summed E-state index contributed by atoms with van der Waals surface area (Å²) in [6.07, 6.45) is 2.64. The fourth-order valence-corrected chi connectivity index (χ4v) is 2.26. The molecule has 0 N–H and O–H groups in total. The predicted molar refractivity (Wildman–Crippen MR) is 71.1 cm³/mol. The molecule has 1 aromatic carbocycles. The van der Waals surface area contributed by atoms with E-state index in [1.54, 1.807) is 12.1 Å². The van der Waals surface area contributed by atoms with Crippen molar-refractivity contribution in [1.29, 1.82) is 0 Å². The number of benzene rings is 1. The summed E-state index contributed by atoms with van der Waals surface area (Å²) in [7, 11) is -0.0798. The summed E-state index contributed by atoms with van der Waals surface area (Å²) in [4.78, 5) is 0. The van der Waals surface area contributed by atoms with Gasteiger partial charge in [-0.15, -0.1) is 0 Å². The Bertz CT molecular complexity index is 535. The highest BCUT2D eigenvalue weighted by molar-refractivity contribution is 9.10. The Morgan fingerprint density at radius 3 is 2.35 bits per heavy atom. The van der Waals surface area contributed by atoms with Crippen LogP contribution >= 0.6 is 15.9 Å². The van der Waals surface area contributed by atoms with Crippen molar-refractivity contribution in [2.45, 2.75) is 0 Å². The van der Waals surface area contributed by atoms with Gasteiger partial charge in [0.2, 0.25) is 0 Å². The average molecular weight is 321 g/mol. The van der Waals surface area contributed by atoms with Crippen molar-refractivity contribution in [3.05, 3.63) is 27.6 Å². The number of ether oxygens (including phenoxy) is 2. The van der Waals surface area contributed by atoms with Gasteiger partial charge in [-0.05, 0) is 39.7 Å².